The Labute approximate surface area is 125 Å². The highest BCUT2D eigenvalue weighted by Gasteiger charge is 2.40. The lowest BCUT2D eigenvalue weighted by Crippen LogP contribution is -2.57. The Kier molecular flexibility index (Phi) is 4.50. The molecule has 0 bridgehead atoms. The monoisotopic (exact) mass is 290 g/mol. The van der Waals surface area contributed by atoms with Crippen molar-refractivity contribution in [2.24, 2.45) is 0 Å². The Morgan fingerprint density at radius 1 is 1.38 bits per heavy atom. The second-order valence-corrected chi connectivity index (χ2v) is 5.98. The van der Waals surface area contributed by atoms with Crippen LogP contribution in [0.2, 0.25) is 0 Å². The minimum Gasteiger partial charge on any atom is -0.481 e. The minimum atomic E-state index is -0.865. The van der Waals surface area contributed by atoms with E-state index in [0.717, 1.165) is 30.4 Å². The molecule has 0 saturated heterocycles. The summed E-state index contributed by atoms with van der Waals surface area (Å²) < 4.78 is 0. The van der Waals surface area contributed by atoms with E-state index in [-0.39, 0.29) is 12.5 Å². The first-order chi connectivity index (χ1) is 9.90. The average Bonchev–Trinajstić information content (AvgIpc) is 2.35. The van der Waals surface area contributed by atoms with E-state index in [9.17, 15) is 9.59 Å². The van der Waals surface area contributed by atoms with Gasteiger partial charge in [-0.3, -0.25) is 4.79 Å². The van der Waals surface area contributed by atoms with Crippen molar-refractivity contribution in [2.45, 2.75) is 44.7 Å². The molecule has 0 radical (unpaired) electrons. The van der Waals surface area contributed by atoms with Crippen molar-refractivity contribution >= 4 is 12.0 Å². The number of hydrogen-bond donors (Lipinski definition) is 2. The highest BCUT2D eigenvalue weighted by molar-refractivity contribution is 5.77. The number of nitrogens with one attached hydrogen (secondary N) is 1. The quantitative estimate of drug-likeness (QED) is 0.875. The van der Waals surface area contributed by atoms with Gasteiger partial charge in [-0.25, -0.2) is 4.79 Å². The number of amides is 2. The molecule has 21 heavy (non-hydrogen) atoms. The Bertz CT molecular complexity index is 538. The van der Waals surface area contributed by atoms with Crippen LogP contribution in [-0.2, 0) is 11.3 Å². The van der Waals surface area contributed by atoms with Crippen LogP contribution in [0.15, 0.2) is 24.3 Å². The van der Waals surface area contributed by atoms with Crippen LogP contribution in [0.5, 0.6) is 0 Å². The number of carboxylic acid groups (broad SMARTS) is 1. The van der Waals surface area contributed by atoms with Crippen LogP contribution in [-0.4, -0.2) is 34.6 Å². The third-order valence-corrected chi connectivity index (χ3v) is 4.02. The standard InChI is InChI=1S/C16H22N2O3/c1-12-5-3-6-13(9-12)11-18(2)15(21)17-16(7-4-8-16)10-14(19)20/h3,5-6,9H,4,7-8,10-11H2,1-2H3,(H,17,21)(H,19,20). The molecular formula is C16H22N2O3. The van der Waals surface area contributed by atoms with Crippen LogP contribution in [0.3, 0.4) is 0 Å². The number of benzene rings is 1. The lowest BCUT2D eigenvalue weighted by Gasteiger charge is -2.42. The maximum atomic E-state index is 12.2. The molecule has 0 aliphatic heterocycles. The number of carbonyl (C=O) groups excluding carboxylic acids is 1. The van der Waals surface area contributed by atoms with Crippen molar-refractivity contribution in [1.82, 2.24) is 10.2 Å². The molecule has 5 heteroatoms. The zero-order chi connectivity index (χ0) is 15.5. The summed E-state index contributed by atoms with van der Waals surface area (Å²) in [6.45, 7) is 2.52. The van der Waals surface area contributed by atoms with E-state index in [0.29, 0.717) is 6.54 Å². The lowest BCUT2D eigenvalue weighted by atomic mass is 9.74. The predicted octanol–water partition coefficient (Wildman–Crippen LogP) is 2.53. The summed E-state index contributed by atoms with van der Waals surface area (Å²) in [6, 6.07) is 7.79. The van der Waals surface area contributed by atoms with E-state index in [4.69, 9.17) is 5.11 Å². The molecule has 1 aliphatic rings. The third kappa shape index (κ3) is 3.97. The molecule has 1 aromatic rings. The SMILES string of the molecule is Cc1cccc(CN(C)C(=O)NC2(CC(=O)O)CCC2)c1. The average molecular weight is 290 g/mol. The maximum absolute atomic E-state index is 12.2. The molecule has 2 amide bonds. The molecule has 0 atom stereocenters. The molecule has 0 spiro atoms. The predicted molar refractivity (Wildman–Crippen MR) is 80.0 cm³/mol. The van der Waals surface area contributed by atoms with Gasteiger partial charge < -0.3 is 15.3 Å². The van der Waals surface area contributed by atoms with Crippen LogP contribution in [0, 0.1) is 6.92 Å². The highest BCUT2D eigenvalue weighted by Crippen LogP contribution is 2.35. The molecule has 1 fully saturated rings. The number of hydrogen-bond acceptors (Lipinski definition) is 2. The number of carboxylic acids is 1. The van der Waals surface area contributed by atoms with Gasteiger partial charge in [-0.15, -0.1) is 0 Å². The normalized spacial score (nSPS) is 15.9. The van der Waals surface area contributed by atoms with Gasteiger partial charge in [0.1, 0.15) is 0 Å². The van der Waals surface area contributed by atoms with Gasteiger partial charge in [0.2, 0.25) is 0 Å². The summed E-state index contributed by atoms with van der Waals surface area (Å²) in [5.74, 6) is -0.865. The molecule has 1 saturated carbocycles. The first-order valence-corrected chi connectivity index (χ1v) is 7.21. The van der Waals surface area contributed by atoms with E-state index in [1.807, 2.05) is 31.2 Å². The highest BCUT2D eigenvalue weighted by atomic mass is 16.4. The van der Waals surface area contributed by atoms with Crippen molar-refractivity contribution in [3.63, 3.8) is 0 Å². The fraction of sp³-hybridized carbons (Fsp3) is 0.500. The largest absolute Gasteiger partial charge is 0.481 e. The summed E-state index contributed by atoms with van der Waals surface area (Å²) in [5, 5.41) is 11.9. The van der Waals surface area contributed by atoms with Gasteiger partial charge in [0.15, 0.2) is 0 Å². The van der Waals surface area contributed by atoms with Gasteiger partial charge in [0.25, 0.3) is 0 Å². The first kappa shape index (κ1) is 15.4. The number of aliphatic carboxylic acids is 1. The summed E-state index contributed by atoms with van der Waals surface area (Å²) in [4.78, 5) is 24.8. The van der Waals surface area contributed by atoms with Crippen molar-refractivity contribution in [2.75, 3.05) is 7.05 Å². The van der Waals surface area contributed by atoms with Crippen molar-refractivity contribution in [3.05, 3.63) is 35.4 Å². The number of urea groups is 1. The number of rotatable bonds is 5. The van der Waals surface area contributed by atoms with Crippen LogP contribution >= 0.6 is 0 Å². The smallest absolute Gasteiger partial charge is 0.317 e. The van der Waals surface area contributed by atoms with Crippen LogP contribution in [0.1, 0.15) is 36.8 Å². The Hall–Kier alpha value is -2.04. The van der Waals surface area contributed by atoms with Crippen molar-refractivity contribution in [1.29, 1.82) is 0 Å². The molecule has 2 N–H and O–H groups in total. The van der Waals surface area contributed by atoms with Gasteiger partial charge >= 0.3 is 12.0 Å². The zero-order valence-corrected chi connectivity index (χ0v) is 12.6. The van der Waals surface area contributed by atoms with Crippen molar-refractivity contribution < 1.29 is 14.7 Å². The Morgan fingerprint density at radius 3 is 2.62 bits per heavy atom. The molecule has 2 rings (SSSR count). The van der Waals surface area contributed by atoms with E-state index in [1.54, 1.807) is 11.9 Å². The summed E-state index contributed by atoms with van der Waals surface area (Å²) in [6.07, 6.45) is 2.44. The van der Waals surface area contributed by atoms with E-state index in [1.165, 1.54) is 0 Å². The number of aryl methyl sites for hydroxylation is 1. The van der Waals surface area contributed by atoms with Gasteiger partial charge in [0, 0.05) is 13.6 Å². The molecule has 5 nitrogen and oxygen atoms in total. The minimum absolute atomic E-state index is 0.00295. The summed E-state index contributed by atoms with van der Waals surface area (Å²) >= 11 is 0. The fourth-order valence-corrected chi connectivity index (χ4v) is 2.72. The van der Waals surface area contributed by atoms with Gasteiger partial charge in [-0.2, -0.15) is 0 Å². The fourth-order valence-electron chi connectivity index (χ4n) is 2.72. The van der Waals surface area contributed by atoms with E-state index >= 15 is 0 Å². The molecule has 1 aliphatic carbocycles. The topological polar surface area (TPSA) is 69.6 Å². The van der Waals surface area contributed by atoms with Crippen LogP contribution < -0.4 is 5.32 Å². The van der Waals surface area contributed by atoms with E-state index in [2.05, 4.69) is 5.32 Å². The van der Waals surface area contributed by atoms with Crippen molar-refractivity contribution in [3.8, 4) is 0 Å². The zero-order valence-electron chi connectivity index (χ0n) is 12.6. The summed E-state index contributed by atoms with van der Waals surface area (Å²) in [5.41, 5.74) is 1.67. The summed E-state index contributed by atoms with van der Waals surface area (Å²) in [7, 11) is 1.73. The second-order valence-electron chi connectivity index (χ2n) is 5.98. The number of carbonyl (C=O) groups is 2. The Morgan fingerprint density at radius 2 is 2.10 bits per heavy atom. The van der Waals surface area contributed by atoms with Crippen LogP contribution in [0.25, 0.3) is 0 Å². The van der Waals surface area contributed by atoms with Gasteiger partial charge in [-0.05, 0) is 31.7 Å². The molecule has 0 aromatic heterocycles. The van der Waals surface area contributed by atoms with Gasteiger partial charge in [0.05, 0.1) is 12.0 Å². The lowest BCUT2D eigenvalue weighted by molar-refractivity contribution is -0.139. The Balaban J connectivity index is 1.94. The van der Waals surface area contributed by atoms with Crippen LogP contribution in [0.4, 0.5) is 4.79 Å². The first-order valence-electron chi connectivity index (χ1n) is 7.21. The molecule has 114 valence electrons. The maximum Gasteiger partial charge on any atom is 0.317 e. The van der Waals surface area contributed by atoms with Gasteiger partial charge in [-0.1, -0.05) is 29.8 Å². The molecule has 0 unspecified atom stereocenters. The molecule has 0 heterocycles. The second kappa shape index (κ2) is 6.16. The third-order valence-electron chi connectivity index (χ3n) is 4.02. The number of nitrogens with zero attached hydrogens (tertiary/aromatic N) is 1. The van der Waals surface area contributed by atoms with E-state index < -0.39 is 11.5 Å². The molecular weight excluding hydrogens is 268 g/mol. The molecule has 1 aromatic carbocycles.